The zero-order chi connectivity index (χ0) is 32.0. The highest BCUT2D eigenvalue weighted by Crippen LogP contribution is 2.56. The minimum Gasteiger partial charge on any atom is -0.347 e. The third-order valence-electron chi connectivity index (χ3n) is 11.2. The molecule has 234 valence electrons. The molecule has 2 aliphatic heterocycles. The van der Waals surface area contributed by atoms with Crippen molar-refractivity contribution in [3.63, 3.8) is 0 Å². The first-order valence-electron chi connectivity index (χ1n) is 17.1. The van der Waals surface area contributed by atoms with E-state index in [1.54, 1.807) is 12.1 Å². The number of allylic oxidation sites excluding steroid dienone is 4. The Kier molecular flexibility index (Phi) is 7.44. The lowest BCUT2D eigenvalue weighted by Gasteiger charge is -2.36. The largest absolute Gasteiger partial charge is 0.347 e. The second-order valence-electron chi connectivity index (χ2n) is 13.8. The van der Waals surface area contributed by atoms with Crippen molar-refractivity contribution in [2.24, 2.45) is 0 Å². The van der Waals surface area contributed by atoms with Gasteiger partial charge in [-0.15, -0.1) is 0 Å². The lowest BCUT2D eigenvalue weighted by molar-refractivity contribution is -0.401. The van der Waals surface area contributed by atoms with E-state index in [-0.39, 0.29) is 11.2 Å². The molecule has 0 bridgehead atoms. The van der Waals surface area contributed by atoms with E-state index >= 15 is 4.39 Å². The molecule has 1 saturated carbocycles. The summed E-state index contributed by atoms with van der Waals surface area (Å²) in [5.74, 6) is -0.188. The third-order valence-corrected chi connectivity index (χ3v) is 11.2. The summed E-state index contributed by atoms with van der Waals surface area (Å²) in [6, 6.07) is 40.2. The van der Waals surface area contributed by atoms with Crippen molar-refractivity contribution in [2.75, 3.05) is 19.0 Å². The summed E-state index contributed by atoms with van der Waals surface area (Å²) in [5.41, 5.74) is 9.65. The van der Waals surface area contributed by atoms with Crippen LogP contribution in [0.15, 0.2) is 139 Å². The minimum atomic E-state index is -0.437. The van der Waals surface area contributed by atoms with Gasteiger partial charge in [-0.05, 0) is 66.0 Å². The van der Waals surface area contributed by atoms with Gasteiger partial charge in [0.05, 0.1) is 11.1 Å². The van der Waals surface area contributed by atoms with E-state index in [2.05, 4.69) is 139 Å². The molecule has 0 amide bonds. The molecule has 1 fully saturated rings. The quantitative estimate of drug-likeness (QED) is 0.172. The number of halogens is 1. The highest BCUT2D eigenvalue weighted by Gasteiger charge is 2.51. The van der Waals surface area contributed by atoms with Crippen LogP contribution in [0.4, 0.5) is 15.8 Å². The van der Waals surface area contributed by atoms with Crippen LogP contribution < -0.4 is 4.90 Å². The van der Waals surface area contributed by atoms with Gasteiger partial charge >= 0.3 is 0 Å². The van der Waals surface area contributed by atoms with E-state index < -0.39 is 5.41 Å². The molecule has 3 aliphatic rings. The van der Waals surface area contributed by atoms with Gasteiger partial charge in [-0.25, -0.2) is 4.39 Å². The number of hydrogen-bond donors (Lipinski definition) is 0. The minimum absolute atomic E-state index is 0.0280. The molecule has 47 heavy (non-hydrogen) atoms. The lowest BCUT2D eigenvalue weighted by atomic mass is 9.68. The van der Waals surface area contributed by atoms with Crippen LogP contribution in [0.5, 0.6) is 0 Å². The summed E-state index contributed by atoms with van der Waals surface area (Å²) >= 11 is 0. The Balaban J connectivity index is 1.27. The van der Waals surface area contributed by atoms with E-state index in [9.17, 15) is 0 Å². The topological polar surface area (TPSA) is 6.25 Å². The lowest BCUT2D eigenvalue weighted by Crippen LogP contribution is -2.39. The molecule has 0 N–H and O–H groups in total. The summed E-state index contributed by atoms with van der Waals surface area (Å²) in [7, 11) is 4.41. The van der Waals surface area contributed by atoms with Crippen molar-refractivity contribution >= 4 is 27.9 Å². The number of nitrogens with zero attached hydrogens (tertiary/aromatic N) is 2. The molecular formula is C44H42FN2+. The summed E-state index contributed by atoms with van der Waals surface area (Å²) in [5, 5.41) is 2.62. The van der Waals surface area contributed by atoms with E-state index in [4.69, 9.17) is 0 Å². The number of rotatable bonds is 6. The van der Waals surface area contributed by atoms with E-state index in [0.717, 1.165) is 24.1 Å². The molecule has 8 rings (SSSR count). The van der Waals surface area contributed by atoms with Crippen molar-refractivity contribution in [3.05, 3.63) is 167 Å². The van der Waals surface area contributed by atoms with Crippen molar-refractivity contribution in [1.82, 2.24) is 0 Å². The monoisotopic (exact) mass is 617 g/mol. The van der Waals surface area contributed by atoms with Crippen molar-refractivity contribution in [3.8, 4) is 0 Å². The standard InChI is InChI=1S/C44H42FN2/c1-46-39-26-24-35(45)29-38(39)44(30-32-15-6-3-7-16-32,31-33-17-8-4-9-18-33)41(46)22-14-21-40-43(27-12-5-13-28-43)37-25-23-34-19-10-11-20-36(34)42(37)47(40)2/h3-4,6-11,14-26,29H,5,12-13,27-28,30-31H2,1-2H3/q+1. The van der Waals surface area contributed by atoms with Crippen LogP contribution in [0.2, 0.25) is 0 Å². The van der Waals surface area contributed by atoms with E-state index in [1.165, 1.54) is 76.7 Å². The van der Waals surface area contributed by atoms with Gasteiger partial charge in [0.15, 0.2) is 5.71 Å². The van der Waals surface area contributed by atoms with Gasteiger partial charge in [-0.2, -0.15) is 4.58 Å². The first-order chi connectivity index (χ1) is 23.0. The van der Waals surface area contributed by atoms with Gasteiger partial charge in [0.2, 0.25) is 5.69 Å². The maximum Gasteiger partial charge on any atom is 0.209 e. The molecular weight excluding hydrogens is 575 g/mol. The second-order valence-corrected chi connectivity index (χ2v) is 13.8. The Morgan fingerprint density at radius 1 is 0.745 bits per heavy atom. The van der Waals surface area contributed by atoms with Crippen LogP contribution >= 0.6 is 0 Å². The summed E-state index contributed by atoms with van der Waals surface area (Å²) in [4.78, 5) is 2.47. The van der Waals surface area contributed by atoms with Gasteiger partial charge in [0.25, 0.3) is 0 Å². The molecule has 1 spiro atoms. The Hall–Kier alpha value is -4.76. The van der Waals surface area contributed by atoms with Gasteiger partial charge < -0.3 is 4.90 Å². The fourth-order valence-electron chi connectivity index (χ4n) is 9.13. The maximum atomic E-state index is 15.1. The molecule has 3 heteroatoms. The van der Waals surface area contributed by atoms with E-state index in [1.807, 2.05) is 6.07 Å². The zero-order valence-corrected chi connectivity index (χ0v) is 27.4. The van der Waals surface area contributed by atoms with Gasteiger partial charge in [-0.1, -0.05) is 122 Å². The van der Waals surface area contributed by atoms with Crippen LogP contribution in [0.1, 0.15) is 54.4 Å². The molecule has 0 radical (unpaired) electrons. The molecule has 5 aromatic rings. The second kappa shape index (κ2) is 11.8. The molecule has 0 aromatic heterocycles. The van der Waals surface area contributed by atoms with Crippen LogP contribution in [0, 0.1) is 5.82 Å². The predicted molar refractivity (Wildman–Crippen MR) is 194 cm³/mol. The first kappa shape index (κ1) is 29.6. The van der Waals surface area contributed by atoms with Gasteiger partial charge in [0, 0.05) is 41.3 Å². The molecule has 5 aromatic carbocycles. The number of anilines is 1. The van der Waals surface area contributed by atoms with Crippen LogP contribution in [-0.2, 0) is 23.7 Å². The normalized spacial score (nSPS) is 18.9. The fraction of sp³-hybridized carbons (Fsp3) is 0.250. The molecule has 2 heterocycles. The first-order valence-corrected chi connectivity index (χ1v) is 17.1. The van der Waals surface area contributed by atoms with Crippen LogP contribution in [0.3, 0.4) is 0 Å². The smallest absolute Gasteiger partial charge is 0.209 e. The number of likely N-dealkylation sites (N-methyl/N-ethyl adjacent to an activating group) is 1. The van der Waals surface area contributed by atoms with Crippen molar-refractivity contribution in [2.45, 2.75) is 55.8 Å². The van der Waals surface area contributed by atoms with Gasteiger partial charge in [-0.3, -0.25) is 0 Å². The molecule has 0 atom stereocenters. The molecule has 0 unspecified atom stereocenters. The summed E-state index contributed by atoms with van der Waals surface area (Å²) in [6.45, 7) is 0. The molecule has 0 saturated heterocycles. The van der Waals surface area contributed by atoms with Crippen molar-refractivity contribution < 1.29 is 8.97 Å². The maximum absolute atomic E-state index is 15.1. The Morgan fingerprint density at radius 3 is 2.11 bits per heavy atom. The SMILES string of the molecule is CN1/C(=C/C=C/C2=[N+](C)c3ccc(F)cc3C2(Cc2ccccc2)Cc2ccccc2)C2(CCCCC2)c2ccc3ccccc3c21. The highest BCUT2D eigenvalue weighted by molar-refractivity contribution is 6.04. The van der Waals surface area contributed by atoms with Crippen molar-refractivity contribution in [1.29, 1.82) is 0 Å². The zero-order valence-electron chi connectivity index (χ0n) is 27.4. The Morgan fingerprint density at radius 2 is 1.40 bits per heavy atom. The number of hydrogen-bond acceptors (Lipinski definition) is 1. The summed E-state index contributed by atoms with van der Waals surface area (Å²) < 4.78 is 17.4. The average Bonchev–Trinajstić information content (AvgIpc) is 3.46. The highest BCUT2D eigenvalue weighted by atomic mass is 19.1. The van der Waals surface area contributed by atoms with Crippen LogP contribution in [-0.4, -0.2) is 24.4 Å². The number of fused-ring (bicyclic) bond motifs is 5. The average molecular weight is 618 g/mol. The number of benzene rings is 5. The Labute approximate surface area is 278 Å². The summed E-state index contributed by atoms with van der Waals surface area (Å²) in [6.07, 6.45) is 14.7. The third kappa shape index (κ3) is 4.87. The predicted octanol–water partition coefficient (Wildman–Crippen LogP) is 10.2. The molecule has 2 nitrogen and oxygen atoms in total. The fourth-order valence-corrected chi connectivity index (χ4v) is 9.13. The van der Waals surface area contributed by atoms with Crippen LogP contribution in [0.25, 0.3) is 10.8 Å². The Bertz CT molecular complexity index is 2010. The molecule has 1 aliphatic carbocycles. The van der Waals surface area contributed by atoms with Gasteiger partial charge in [0.1, 0.15) is 12.9 Å². The van der Waals surface area contributed by atoms with E-state index in [0.29, 0.717) is 0 Å².